The molecule has 72 valence electrons. The van der Waals surface area contributed by atoms with E-state index in [2.05, 4.69) is 15.5 Å². The van der Waals surface area contributed by atoms with E-state index in [0.717, 1.165) is 6.42 Å². The summed E-state index contributed by atoms with van der Waals surface area (Å²) in [5.41, 5.74) is 0. The van der Waals surface area contributed by atoms with Gasteiger partial charge in [-0.3, -0.25) is 0 Å². The number of nitrogens with zero attached hydrogens (tertiary/aromatic N) is 2. The molecule has 13 heavy (non-hydrogen) atoms. The molecule has 0 amide bonds. The van der Waals surface area contributed by atoms with Crippen molar-refractivity contribution in [2.45, 2.75) is 31.9 Å². The quantitative estimate of drug-likeness (QED) is 0.676. The SMILES string of the molecule is CCc1nnc(C2CC(O)CN2)o1. The van der Waals surface area contributed by atoms with Crippen LogP contribution in [0, 0.1) is 0 Å². The molecule has 1 saturated heterocycles. The van der Waals surface area contributed by atoms with Gasteiger partial charge in [-0.25, -0.2) is 0 Å². The number of hydrogen-bond acceptors (Lipinski definition) is 5. The van der Waals surface area contributed by atoms with Crippen LogP contribution in [-0.4, -0.2) is 28.0 Å². The van der Waals surface area contributed by atoms with Gasteiger partial charge in [-0.1, -0.05) is 6.92 Å². The summed E-state index contributed by atoms with van der Waals surface area (Å²) in [6, 6.07) is 0.0304. The van der Waals surface area contributed by atoms with Crippen LogP contribution in [0.5, 0.6) is 0 Å². The summed E-state index contributed by atoms with van der Waals surface area (Å²) in [7, 11) is 0. The Kier molecular flexibility index (Phi) is 2.28. The standard InChI is InChI=1S/C8H13N3O2/c1-2-7-10-11-8(13-7)6-3-5(12)4-9-6/h5-6,9,12H,2-4H2,1H3. The summed E-state index contributed by atoms with van der Waals surface area (Å²) in [6.07, 6.45) is 1.12. The van der Waals surface area contributed by atoms with Crippen molar-refractivity contribution in [1.29, 1.82) is 0 Å². The van der Waals surface area contributed by atoms with E-state index >= 15 is 0 Å². The maximum atomic E-state index is 9.27. The molecule has 1 aliphatic rings. The summed E-state index contributed by atoms with van der Waals surface area (Å²) in [5.74, 6) is 1.24. The predicted molar refractivity (Wildman–Crippen MR) is 45.0 cm³/mol. The van der Waals surface area contributed by atoms with Crippen molar-refractivity contribution in [1.82, 2.24) is 15.5 Å². The molecule has 5 heteroatoms. The highest BCUT2D eigenvalue weighted by atomic mass is 16.4. The molecule has 2 N–H and O–H groups in total. The Morgan fingerprint density at radius 2 is 2.46 bits per heavy atom. The Bertz CT molecular complexity index is 287. The minimum atomic E-state index is -0.290. The average Bonchev–Trinajstić information content (AvgIpc) is 2.71. The molecule has 2 rings (SSSR count). The molecule has 5 nitrogen and oxygen atoms in total. The monoisotopic (exact) mass is 183 g/mol. The molecule has 0 radical (unpaired) electrons. The predicted octanol–water partition coefficient (Wildman–Crippen LogP) is 0.0273. The zero-order valence-electron chi connectivity index (χ0n) is 7.53. The van der Waals surface area contributed by atoms with Gasteiger partial charge < -0.3 is 14.8 Å². The first-order valence-electron chi connectivity index (χ1n) is 4.53. The van der Waals surface area contributed by atoms with Crippen molar-refractivity contribution < 1.29 is 9.52 Å². The van der Waals surface area contributed by atoms with E-state index < -0.39 is 0 Å². The summed E-state index contributed by atoms with van der Waals surface area (Å²) in [4.78, 5) is 0. The second kappa shape index (κ2) is 3.43. The molecular formula is C8H13N3O2. The number of hydrogen-bond donors (Lipinski definition) is 2. The van der Waals surface area contributed by atoms with E-state index in [1.165, 1.54) is 0 Å². The van der Waals surface area contributed by atoms with E-state index in [1.807, 2.05) is 6.92 Å². The first-order chi connectivity index (χ1) is 6.29. The van der Waals surface area contributed by atoms with E-state index in [4.69, 9.17) is 4.42 Å². The van der Waals surface area contributed by atoms with Gasteiger partial charge in [0, 0.05) is 13.0 Å². The zero-order valence-corrected chi connectivity index (χ0v) is 7.53. The molecule has 1 aromatic rings. The summed E-state index contributed by atoms with van der Waals surface area (Å²) >= 11 is 0. The molecule has 2 atom stereocenters. The fraction of sp³-hybridized carbons (Fsp3) is 0.750. The maximum Gasteiger partial charge on any atom is 0.233 e. The number of aliphatic hydroxyl groups is 1. The van der Waals surface area contributed by atoms with Crippen molar-refractivity contribution in [3.8, 4) is 0 Å². The van der Waals surface area contributed by atoms with Gasteiger partial charge in [0.25, 0.3) is 0 Å². The minimum absolute atomic E-state index is 0.0304. The number of aryl methyl sites for hydroxylation is 1. The second-order valence-corrected chi connectivity index (χ2v) is 3.24. The molecule has 0 spiro atoms. The molecule has 2 heterocycles. The van der Waals surface area contributed by atoms with Crippen LogP contribution in [0.2, 0.25) is 0 Å². The number of rotatable bonds is 2. The number of aromatic nitrogens is 2. The van der Waals surface area contributed by atoms with Crippen LogP contribution >= 0.6 is 0 Å². The van der Waals surface area contributed by atoms with Gasteiger partial charge in [-0.2, -0.15) is 0 Å². The van der Waals surface area contributed by atoms with E-state index in [0.29, 0.717) is 24.7 Å². The van der Waals surface area contributed by atoms with Gasteiger partial charge in [0.2, 0.25) is 11.8 Å². The van der Waals surface area contributed by atoms with Gasteiger partial charge in [0.1, 0.15) is 0 Å². The van der Waals surface area contributed by atoms with Gasteiger partial charge in [-0.05, 0) is 6.42 Å². The van der Waals surface area contributed by atoms with Crippen molar-refractivity contribution in [2.24, 2.45) is 0 Å². The molecule has 0 bridgehead atoms. The first kappa shape index (κ1) is 8.65. The average molecular weight is 183 g/mol. The van der Waals surface area contributed by atoms with E-state index in [9.17, 15) is 5.11 Å². The second-order valence-electron chi connectivity index (χ2n) is 3.24. The Balaban J connectivity index is 2.08. The third kappa shape index (κ3) is 1.71. The molecule has 1 fully saturated rings. The number of aliphatic hydroxyl groups excluding tert-OH is 1. The Labute approximate surface area is 76.2 Å². The largest absolute Gasteiger partial charge is 0.424 e. The molecule has 1 aromatic heterocycles. The highest BCUT2D eigenvalue weighted by Crippen LogP contribution is 2.21. The highest BCUT2D eigenvalue weighted by molar-refractivity contribution is 4.95. The zero-order chi connectivity index (χ0) is 9.26. The van der Waals surface area contributed by atoms with Crippen molar-refractivity contribution >= 4 is 0 Å². The van der Waals surface area contributed by atoms with Crippen molar-refractivity contribution in [3.63, 3.8) is 0 Å². The summed E-state index contributed by atoms with van der Waals surface area (Å²) < 4.78 is 5.37. The van der Waals surface area contributed by atoms with Gasteiger partial charge >= 0.3 is 0 Å². The van der Waals surface area contributed by atoms with E-state index in [-0.39, 0.29) is 12.1 Å². The molecular weight excluding hydrogens is 170 g/mol. The van der Waals surface area contributed by atoms with Gasteiger partial charge in [0.15, 0.2) is 0 Å². The fourth-order valence-corrected chi connectivity index (χ4v) is 1.46. The Hall–Kier alpha value is -0.940. The van der Waals surface area contributed by atoms with Crippen LogP contribution in [0.15, 0.2) is 4.42 Å². The molecule has 0 aliphatic carbocycles. The molecule has 0 saturated carbocycles. The summed E-state index contributed by atoms with van der Waals surface area (Å²) in [6.45, 7) is 2.57. The van der Waals surface area contributed by atoms with Crippen LogP contribution in [0.3, 0.4) is 0 Å². The summed E-state index contributed by atoms with van der Waals surface area (Å²) in [5, 5.41) is 20.2. The molecule has 1 aliphatic heterocycles. The fourth-order valence-electron chi connectivity index (χ4n) is 1.46. The van der Waals surface area contributed by atoms with Crippen LogP contribution in [0.1, 0.15) is 31.2 Å². The smallest absolute Gasteiger partial charge is 0.233 e. The lowest BCUT2D eigenvalue weighted by molar-refractivity contribution is 0.191. The maximum absolute atomic E-state index is 9.27. The molecule has 2 unspecified atom stereocenters. The van der Waals surface area contributed by atoms with Crippen molar-refractivity contribution in [2.75, 3.05) is 6.54 Å². The Morgan fingerprint density at radius 1 is 1.62 bits per heavy atom. The minimum Gasteiger partial charge on any atom is -0.424 e. The van der Waals surface area contributed by atoms with E-state index in [1.54, 1.807) is 0 Å². The first-order valence-corrected chi connectivity index (χ1v) is 4.53. The van der Waals surface area contributed by atoms with Crippen LogP contribution in [0.25, 0.3) is 0 Å². The third-order valence-corrected chi connectivity index (χ3v) is 2.19. The van der Waals surface area contributed by atoms with Crippen LogP contribution in [0.4, 0.5) is 0 Å². The van der Waals surface area contributed by atoms with Crippen molar-refractivity contribution in [3.05, 3.63) is 11.8 Å². The lowest BCUT2D eigenvalue weighted by Crippen LogP contribution is -2.15. The van der Waals surface area contributed by atoms with Gasteiger partial charge in [0.05, 0.1) is 12.1 Å². The number of nitrogens with one attached hydrogen (secondary N) is 1. The lowest BCUT2D eigenvalue weighted by atomic mass is 10.2. The van der Waals surface area contributed by atoms with Crippen LogP contribution < -0.4 is 5.32 Å². The van der Waals surface area contributed by atoms with Crippen LogP contribution in [-0.2, 0) is 6.42 Å². The normalized spacial score (nSPS) is 28.2. The number of β-amino-alcohol motifs (C(OH)–C–C–N with tert-alkyl or cyclic N) is 1. The lowest BCUT2D eigenvalue weighted by Gasteiger charge is -2.01. The molecule has 0 aromatic carbocycles. The van der Waals surface area contributed by atoms with Gasteiger partial charge in [-0.15, -0.1) is 10.2 Å². The highest BCUT2D eigenvalue weighted by Gasteiger charge is 2.27. The Morgan fingerprint density at radius 3 is 3.00 bits per heavy atom. The third-order valence-electron chi connectivity index (χ3n) is 2.19. The topological polar surface area (TPSA) is 71.2 Å².